The second-order valence-electron chi connectivity index (χ2n) is 7.92. The monoisotopic (exact) mass is 487 g/mol. The number of amides is 3. The zero-order valence-electron chi connectivity index (χ0n) is 17.5. The number of hydrogen-bond acceptors (Lipinski definition) is 5. The van der Waals surface area contributed by atoms with Crippen LogP contribution in [0.2, 0.25) is 5.02 Å². The highest BCUT2D eigenvalue weighted by molar-refractivity contribution is 7.92. The Morgan fingerprint density at radius 2 is 1.61 bits per heavy atom. The summed E-state index contributed by atoms with van der Waals surface area (Å²) >= 11 is 5.82. The summed E-state index contributed by atoms with van der Waals surface area (Å²) in [7, 11) is -3.88. The number of allylic oxidation sites excluding steroid dienone is 2. The largest absolute Gasteiger partial charge is 0.326 e. The number of fused-ring (bicyclic) bond motifs is 1. The molecule has 1 fully saturated rings. The van der Waals surface area contributed by atoms with Crippen molar-refractivity contribution in [3.63, 3.8) is 0 Å². The van der Waals surface area contributed by atoms with Gasteiger partial charge in [-0.15, -0.1) is 0 Å². The molecule has 2 aromatic carbocycles. The highest BCUT2D eigenvalue weighted by Gasteiger charge is 2.46. The zero-order chi connectivity index (χ0) is 23.6. The van der Waals surface area contributed by atoms with Crippen molar-refractivity contribution < 1.29 is 22.8 Å². The lowest BCUT2D eigenvalue weighted by atomic mass is 9.85. The third kappa shape index (κ3) is 5.09. The number of likely N-dealkylation sites (tertiary alicyclic amines) is 1. The molecule has 2 atom stereocenters. The molecule has 8 nitrogen and oxygen atoms in total. The summed E-state index contributed by atoms with van der Waals surface area (Å²) in [5.41, 5.74) is 0.639. The van der Waals surface area contributed by atoms with Crippen LogP contribution >= 0.6 is 11.6 Å². The third-order valence-electron chi connectivity index (χ3n) is 5.69. The van der Waals surface area contributed by atoms with Gasteiger partial charge in [0.1, 0.15) is 0 Å². The molecule has 172 valence electrons. The second-order valence-corrected chi connectivity index (χ2v) is 10.0. The fraction of sp³-hybridized carbons (Fsp3) is 0.261. The van der Waals surface area contributed by atoms with Gasteiger partial charge in [-0.1, -0.05) is 29.8 Å². The van der Waals surface area contributed by atoms with Crippen LogP contribution in [0.5, 0.6) is 0 Å². The van der Waals surface area contributed by atoms with Gasteiger partial charge in [-0.05, 0) is 55.3 Å². The van der Waals surface area contributed by atoms with Gasteiger partial charge < -0.3 is 5.32 Å². The molecule has 10 heteroatoms. The van der Waals surface area contributed by atoms with Crippen molar-refractivity contribution in [2.24, 2.45) is 11.8 Å². The van der Waals surface area contributed by atoms with Crippen molar-refractivity contribution in [1.29, 1.82) is 0 Å². The summed E-state index contributed by atoms with van der Waals surface area (Å²) in [5.74, 6) is -1.56. The van der Waals surface area contributed by atoms with Crippen molar-refractivity contribution in [2.75, 3.05) is 16.6 Å². The number of benzene rings is 2. The summed E-state index contributed by atoms with van der Waals surface area (Å²) < 4.78 is 27.8. The molecule has 0 radical (unpaired) electrons. The Labute approximate surface area is 196 Å². The number of halogens is 1. The van der Waals surface area contributed by atoms with Crippen molar-refractivity contribution in [1.82, 2.24) is 4.90 Å². The second kappa shape index (κ2) is 9.36. The fourth-order valence-corrected chi connectivity index (χ4v) is 5.23. The van der Waals surface area contributed by atoms with E-state index in [0.29, 0.717) is 23.6 Å². The lowest BCUT2D eigenvalue weighted by Gasteiger charge is -2.15. The van der Waals surface area contributed by atoms with E-state index in [1.165, 1.54) is 23.1 Å². The molecule has 33 heavy (non-hydrogen) atoms. The van der Waals surface area contributed by atoms with Crippen LogP contribution in [0, 0.1) is 11.8 Å². The van der Waals surface area contributed by atoms with Gasteiger partial charge in [0.15, 0.2) is 0 Å². The number of sulfonamides is 1. The first-order chi connectivity index (χ1) is 15.7. The molecule has 2 aromatic rings. The van der Waals surface area contributed by atoms with Crippen molar-refractivity contribution in [3.05, 3.63) is 65.7 Å². The molecule has 2 N–H and O–H groups in total. The predicted octanol–water partition coefficient (Wildman–Crippen LogP) is 3.42. The predicted molar refractivity (Wildman–Crippen MR) is 124 cm³/mol. The van der Waals surface area contributed by atoms with E-state index in [4.69, 9.17) is 11.6 Å². The Kier molecular flexibility index (Phi) is 6.53. The Bertz CT molecular complexity index is 1200. The van der Waals surface area contributed by atoms with Gasteiger partial charge >= 0.3 is 0 Å². The highest BCUT2D eigenvalue weighted by Crippen LogP contribution is 2.35. The van der Waals surface area contributed by atoms with E-state index in [-0.39, 0.29) is 47.2 Å². The molecule has 0 saturated carbocycles. The average Bonchev–Trinajstić information content (AvgIpc) is 3.04. The summed E-state index contributed by atoms with van der Waals surface area (Å²) in [4.78, 5) is 38.6. The number of anilines is 2. The number of imide groups is 1. The van der Waals surface area contributed by atoms with E-state index in [1.807, 2.05) is 12.2 Å². The van der Waals surface area contributed by atoms with Gasteiger partial charge in [0.05, 0.1) is 16.7 Å². The van der Waals surface area contributed by atoms with Crippen LogP contribution in [0.25, 0.3) is 0 Å². The molecular weight excluding hydrogens is 466 g/mol. The van der Waals surface area contributed by atoms with Crippen LogP contribution in [-0.4, -0.2) is 37.6 Å². The van der Waals surface area contributed by atoms with Crippen LogP contribution < -0.4 is 10.0 Å². The average molecular weight is 488 g/mol. The van der Waals surface area contributed by atoms with Gasteiger partial charge in [-0.25, -0.2) is 8.42 Å². The lowest BCUT2D eigenvalue weighted by Crippen LogP contribution is -2.34. The molecule has 1 saturated heterocycles. The Morgan fingerprint density at radius 3 is 2.24 bits per heavy atom. The van der Waals surface area contributed by atoms with E-state index in [9.17, 15) is 22.8 Å². The SMILES string of the molecule is O=C(CCN1C(=O)[C@H]2CC=CC[C@H]2C1=O)Nc1cccc(S(=O)(=O)Nc2ccc(Cl)cc2)c1. The molecule has 3 amide bonds. The maximum absolute atomic E-state index is 12.7. The fourth-order valence-electron chi connectivity index (χ4n) is 4.00. The number of carbonyl (C=O) groups is 3. The smallest absolute Gasteiger partial charge is 0.261 e. The highest BCUT2D eigenvalue weighted by atomic mass is 35.5. The standard InChI is InChI=1S/C23H22ClN3O5S/c24-15-8-10-16(11-9-15)26-33(31,32)18-5-3-4-17(14-18)25-21(28)12-13-27-22(29)19-6-1-2-7-20(19)23(27)30/h1-5,8-11,14,19-20,26H,6-7,12-13H2,(H,25,28)/t19-,20+. The first kappa shape index (κ1) is 23.0. The molecule has 1 aliphatic heterocycles. The first-order valence-corrected chi connectivity index (χ1v) is 12.3. The van der Waals surface area contributed by atoms with Gasteiger partial charge in [-0.3, -0.25) is 24.0 Å². The number of nitrogens with one attached hydrogen (secondary N) is 2. The minimum Gasteiger partial charge on any atom is -0.326 e. The Balaban J connectivity index is 1.37. The van der Waals surface area contributed by atoms with Gasteiger partial charge in [0, 0.05) is 29.4 Å². The van der Waals surface area contributed by atoms with Gasteiger partial charge in [0.2, 0.25) is 17.7 Å². The van der Waals surface area contributed by atoms with E-state index < -0.39 is 15.9 Å². The molecule has 4 rings (SSSR count). The quantitative estimate of drug-likeness (QED) is 0.459. The van der Waals surface area contributed by atoms with Crippen LogP contribution in [-0.2, 0) is 24.4 Å². The molecule has 1 aliphatic carbocycles. The zero-order valence-corrected chi connectivity index (χ0v) is 19.1. The van der Waals surface area contributed by atoms with Crippen LogP contribution in [0.4, 0.5) is 11.4 Å². The number of hydrogen-bond donors (Lipinski definition) is 2. The minimum atomic E-state index is -3.88. The summed E-state index contributed by atoms with van der Waals surface area (Å²) in [5, 5.41) is 3.11. The van der Waals surface area contributed by atoms with E-state index in [0.717, 1.165) is 0 Å². The minimum absolute atomic E-state index is 0.00733. The first-order valence-electron chi connectivity index (χ1n) is 10.4. The molecule has 2 aliphatic rings. The summed E-state index contributed by atoms with van der Waals surface area (Å²) in [6.45, 7) is -0.00733. The number of carbonyl (C=O) groups excluding carboxylic acids is 3. The van der Waals surface area contributed by atoms with E-state index in [2.05, 4.69) is 10.0 Å². The van der Waals surface area contributed by atoms with Crippen LogP contribution in [0.15, 0.2) is 65.6 Å². The normalized spacial score (nSPS) is 20.0. The molecule has 0 unspecified atom stereocenters. The lowest BCUT2D eigenvalue weighted by molar-refractivity contribution is -0.140. The summed E-state index contributed by atoms with van der Waals surface area (Å²) in [6, 6.07) is 12.0. The topological polar surface area (TPSA) is 113 Å². The molecule has 1 heterocycles. The van der Waals surface area contributed by atoms with Crippen LogP contribution in [0.3, 0.4) is 0 Å². The van der Waals surface area contributed by atoms with Gasteiger partial charge in [-0.2, -0.15) is 0 Å². The third-order valence-corrected chi connectivity index (χ3v) is 7.32. The van der Waals surface area contributed by atoms with Crippen molar-refractivity contribution in [3.8, 4) is 0 Å². The van der Waals surface area contributed by atoms with Gasteiger partial charge in [0.25, 0.3) is 10.0 Å². The Morgan fingerprint density at radius 1 is 0.970 bits per heavy atom. The summed E-state index contributed by atoms with van der Waals surface area (Å²) in [6.07, 6.45) is 4.83. The molecular formula is C23H22ClN3O5S. The van der Waals surface area contributed by atoms with Crippen molar-refractivity contribution in [2.45, 2.75) is 24.2 Å². The molecule has 0 spiro atoms. The van der Waals surface area contributed by atoms with E-state index >= 15 is 0 Å². The van der Waals surface area contributed by atoms with E-state index in [1.54, 1.807) is 30.3 Å². The molecule has 0 aromatic heterocycles. The maximum atomic E-state index is 12.7. The molecule has 0 bridgehead atoms. The number of nitrogens with zero attached hydrogens (tertiary/aromatic N) is 1. The van der Waals surface area contributed by atoms with Crippen LogP contribution in [0.1, 0.15) is 19.3 Å². The Hall–Kier alpha value is -3.17. The van der Waals surface area contributed by atoms with Crippen molar-refractivity contribution >= 4 is 50.7 Å². The maximum Gasteiger partial charge on any atom is 0.261 e. The number of rotatable bonds is 7.